The van der Waals surface area contributed by atoms with Gasteiger partial charge in [-0.05, 0) is 68.1 Å². The molecule has 33 heavy (non-hydrogen) atoms. The van der Waals surface area contributed by atoms with Crippen LogP contribution in [0.1, 0.15) is 41.3 Å². The Morgan fingerprint density at radius 2 is 1.76 bits per heavy atom. The number of carbonyl (C=O) groups excluding carboxylic acids is 3. The molecule has 0 saturated carbocycles. The lowest BCUT2D eigenvalue weighted by Gasteiger charge is -2.30. The zero-order chi connectivity index (χ0) is 23.8. The van der Waals surface area contributed by atoms with Crippen molar-refractivity contribution >= 4 is 29.5 Å². The van der Waals surface area contributed by atoms with Gasteiger partial charge in [0.1, 0.15) is 12.4 Å². The molecular formula is C24H28ClN3O5. The Hall–Kier alpha value is -3.26. The average Bonchev–Trinajstić information content (AvgIpc) is 2.83. The van der Waals surface area contributed by atoms with Gasteiger partial charge in [-0.25, -0.2) is 4.79 Å². The molecule has 3 rings (SSSR count). The minimum Gasteiger partial charge on any atom is -0.489 e. The Morgan fingerprint density at radius 1 is 1.06 bits per heavy atom. The van der Waals surface area contributed by atoms with Gasteiger partial charge < -0.3 is 14.4 Å². The molecule has 1 saturated heterocycles. The van der Waals surface area contributed by atoms with Gasteiger partial charge in [-0.15, -0.1) is 0 Å². The van der Waals surface area contributed by atoms with Crippen LogP contribution < -0.4 is 15.6 Å². The van der Waals surface area contributed by atoms with E-state index >= 15 is 0 Å². The molecule has 8 nitrogen and oxygen atoms in total. The molecule has 3 amide bonds. The summed E-state index contributed by atoms with van der Waals surface area (Å²) in [6, 6.07) is 12.4. The van der Waals surface area contributed by atoms with E-state index in [4.69, 9.17) is 21.1 Å². The third-order valence-electron chi connectivity index (χ3n) is 5.44. The van der Waals surface area contributed by atoms with E-state index in [0.29, 0.717) is 49.7 Å². The number of hydrogen-bond acceptors (Lipinski definition) is 5. The first-order valence-electron chi connectivity index (χ1n) is 10.9. The van der Waals surface area contributed by atoms with Gasteiger partial charge in [-0.2, -0.15) is 0 Å². The van der Waals surface area contributed by atoms with Crippen LogP contribution in [0.2, 0.25) is 5.02 Å². The summed E-state index contributed by atoms with van der Waals surface area (Å²) in [5.74, 6) is -0.232. The van der Waals surface area contributed by atoms with Crippen LogP contribution in [0.5, 0.6) is 5.75 Å². The van der Waals surface area contributed by atoms with Crippen molar-refractivity contribution < 1.29 is 23.9 Å². The second kappa shape index (κ2) is 11.6. The molecular weight excluding hydrogens is 446 g/mol. The average molecular weight is 474 g/mol. The lowest BCUT2D eigenvalue weighted by atomic mass is 9.96. The SMILES string of the molecule is CCOC(=O)N1CCC(C(=O)NNC(=O)c2ccc(COc3ccc(Cl)c(C)c3)cc2)CC1. The molecule has 0 aliphatic carbocycles. The number of rotatable bonds is 6. The van der Waals surface area contributed by atoms with E-state index in [1.807, 2.05) is 13.0 Å². The number of piperidine rings is 1. The second-order valence-corrected chi connectivity index (χ2v) is 8.21. The number of amides is 3. The van der Waals surface area contributed by atoms with Crippen molar-refractivity contribution in [2.24, 2.45) is 5.92 Å². The van der Waals surface area contributed by atoms with E-state index in [9.17, 15) is 14.4 Å². The molecule has 9 heteroatoms. The zero-order valence-corrected chi connectivity index (χ0v) is 19.5. The number of benzene rings is 2. The number of carbonyl (C=O) groups is 3. The van der Waals surface area contributed by atoms with Gasteiger partial charge in [0.2, 0.25) is 5.91 Å². The molecule has 2 aromatic carbocycles. The first-order valence-corrected chi connectivity index (χ1v) is 11.2. The highest BCUT2D eigenvalue weighted by Gasteiger charge is 2.28. The van der Waals surface area contributed by atoms with Gasteiger partial charge in [-0.3, -0.25) is 20.4 Å². The summed E-state index contributed by atoms with van der Waals surface area (Å²) in [6.45, 7) is 5.23. The number of aryl methyl sites for hydroxylation is 1. The minimum atomic E-state index is -0.409. The fraction of sp³-hybridized carbons (Fsp3) is 0.375. The van der Waals surface area contributed by atoms with Gasteiger partial charge in [0, 0.05) is 29.6 Å². The van der Waals surface area contributed by atoms with Crippen LogP contribution in [-0.2, 0) is 16.1 Å². The first kappa shape index (κ1) is 24.4. The number of hydrogen-bond donors (Lipinski definition) is 2. The molecule has 0 atom stereocenters. The Labute approximate surface area is 198 Å². The topological polar surface area (TPSA) is 97.0 Å². The van der Waals surface area contributed by atoms with E-state index in [1.54, 1.807) is 48.2 Å². The van der Waals surface area contributed by atoms with Crippen LogP contribution in [0.4, 0.5) is 4.79 Å². The highest BCUT2D eigenvalue weighted by Crippen LogP contribution is 2.22. The zero-order valence-electron chi connectivity index (χ0n) is 18.7. The van der Waals surface area contributed by atoms with Gasteiger partial charge in [0.15, 0.2) is 0 Å². The molecule has 2 N–H and O–H groups in total. The predicted octanol–water partition coefficient (Wildman–Crippen LogP) is 3.86. The van der Waals surface area contributed by atoms with Crippen LogP contribution >= 0.6 is 11.6 Å². The molecule has 1 aliphatic heterocycles. The number of halogens is 1. The quantitative estimate of drug-likeness (QED) is 0.621. The van der Waals surface area contributed by atoms with Crippen molar-refractivity contribution in [2.75, 3.05) is 19.7 Å². The van der Waals surface area contributed by atoms with Gasteiger partial charge in [-0.1, -0.05) is 23.7 Å². The Bertz CT molecular complexity index is 988. The third kappa shape index (κ3) is 6.86. The van der Waals surface area contributed by atoms with Crippen LogP contribution in [0.15, 0.2) is 42.5 Å². The number of hydrazine groups is 1. The number of ether oxygens (including phenoxy) is 2. The number of nitrogens with one attached hydrogen (secondary N) is 2. The molecule has 0 radical (unpaired) electrons. The molecule has 0 aromatic heterocycles. The van der Waals surface area contributed by atoms with Crippen LogP contribution in [0, 0.1) is 12.8 Å². The monoisotopic (exact) mass is 473 g/mol. The molecule has 176 valence electrons. The summed E-state index contributed by atoms with van der Waals surface area (Å²) in [4.78, 5) is 38.1. The number of likely N-dealkylation sites (tertiary alicyclic amines) is 1. The number of nitrogens with zero attached hydrogens (tertiary/aromatic N) is 1. The van der Waals surface area contributed by atoms with E-state index in [-0.39, 0.29) is 17.9 Å². The summed E-state index contributed by atoms with van der Waals surface area (Å²) >= 11 is 6.02. The van der Waals surface area contributed by atoms with Crippen LogP contribution in [0.25, 0.3) is 0 Å². The summed E-state index contributed by atoms with van der Waals surface area (Å²) in [5.41, 5.74) is 7.19. The third-order valence-corrected chi connectivity index (χ3v) is 5.87. The van der Waals surface area contributed by atoms with Gasteiger partial charge in [0.25, 0.3) is 5.91 Å². The Kier molecular flexibility index (Phi) is 8.54. The van der Waals surface area contributed by atoms with Crippen molar-refractivity contribution in [2.45, 2.75) is 33.3 Å². The van der Waals surface area contributed by atoms with E-state index in [0.717, 1.165) is 16.9 Å². The van der Waals surface area contributed by atoms with Crippen molar-refractivity contribution in [3.8, 4) is 5.75 Å². The predicted molar refractivity (Wildman–Crippen MR) is 124 cm³/mol. The highest BCUT2D eigenvalue weighted by atomic mass is 35.5. The summed E-state index contributed by atoms with van der Waals surface area (Å²) < 4.78 is 10.7. The highest BCUT2D eigenvalue weighted by molar-refractivity contribution is 6.31. The van der Waals surface area contributed by atoms with Gasteiger partial charge in [0.05, 0.1) is 6.61 Å². The van der Waals surface area contributed by atoms with Crippen molar-refractivity contribution in [3.63, 3.8) is 0 Å². The van der Waals surface area contributed by atoms with Crippen molar-refractivity contribution in [1.82, 2.24) is 15.8 Å². The minimum absolute atomic E-state index is 0.268. The largest absolute Gasteiger partial charge is 0.489 e. The molecule has 1 heterocycles. The van der Waals surface area contributed by atoms with E-state index < -0.39 is 5.91 Å². The maximum atomic E-state index is 12.4. The summed E-state index contributed by atoms with van der Waals surface area (Å²) in [6.07, 6.45) is 0.673. The molecule has 1 fully saturated rings. The van der Waals surface area contributed by atoms with Crippen molar-refractivity contribution in [3.05, 3.63) is 64.2 Å². The molecule has 1 aliphatic rings. The Balaban J connectivity index is 1.42. The summed E-state index contributed by atoms with van der Waals surface area (Å²) in [5, 5.41) is 0.687. The molecule has 2 aromatic rings. The normalized spacial score (nSPS) is 13.8. The lowest BCUT2D eigenvalue weighted by molar-refractivity contribution is -0.127. The van der Waals surface area contributed by atoms with Crippen molar-refractivity contribution in [1.29, 1.82) is 0 Å². The summed E-state index contributed by atoms with van der Waals surface area (Å²) in [7, 11) is 0. The van der Waals surface area contributed by atoms with Crippen LogP contribution in [0.3, 0.4) is 0 Å². The second-order valence-electron chi connectivity index (χ2n) is 7.80. The maximum Gasteiger partial charge on any atom is 0.409 e. The van der Waals surface area contributed by atoms with E-state index in [1.165, 1.54) is 0 Å². The fourth-order valence-electron chi connectivity index (χ4n) is 3.46. The van der Waals surface area contributed by atoms with E-state index in [2.05, 4.69) is 10.9 Å². The van der Waals surface area contributed by atoms with Crippen LogP contribution in [-0.4, -0.2) is 42.5 Å². The fourth-order valence-corrected chi connectivity index (χ4v) is 3.58. The first-order chi connectivity index (χ1) is 15.9. The maximum absolute atomic E-state index is 12.4. The molecule has 0 unspecified atom stereocenters. The molecule has 0 bridgehead atoms. The smallest absolute Gasteiger partial charge is 0.409 e. The standard InChI is InChI=1S/C24H28ClN3O5/c1-3-32-24(31)28-12-10-19(11-13-28)23(30)27-26-22(29)18-6-4-17(5-7-18)15-33-20-8-9-21(25)16(2)14-20/h4-9,14,19H,3,10-13,15H2,1-2H3,(H,26,29)(H,27,30). The molecule has 0 spiro atoms. The van der Waals surface area contributed by atoms with Gasteiger partial charge >= 0.3 is 6.09 Å². The Morgan fingerprint density at radius 3 is 2.39 bits per heavy atom. The lowest BCUT2D eigenvalue weighted by Crippen LogP contribution is -2.48.